The predicted molar refractivity (Wildman–Crippen MR) is 109 cm³/mol. The van der Waals surface area contributed by atoms with Gasteiger partial charge in [0.1, 0.15) is 10.6 Å². The fourth-order valence-corrected chi connectivity index (χ4v) is 4.41. The molecule has 4 nitrogen and oxygen atoms in total. The SMILES string of the molecule is CCN(CC)c1ccc2c(C)c(-c3nc4ccccc4s3)c(=O)oc2c1. The third-order valence-corrected chi connectivity index (χ3v) is 5.84. The number of benzene rings is 2. The van der Waals surface area contributed by atoms with Crippen LogP contribution < -0.4 is 10.5 Å². The molecule has 0 saturated carbocycles. The highest BCUT2D eigenvalue weighted by atomic mass is 32.1. The standard InChI is InChI=1S/C21H20N2O2S/c1-4-23(5-2)14-10-11-15-13(3)19(21(24)25-17(15)12-14)20-22-16-8-6-7-9-18(16)26-20/h6-12H,4-5H2,1-3H3. The van der Waals surface area contributed by atoms with Crippen LogP contribution in [0.25, 0.3) is 31.8 Å². The van der Waals surface area contributed by atoms with Crippen molar-refractivity contribution in [1.29, 1.82) is 0 Å². The summed E-state index contributed by atoms with van der Waals surface area (Å²) in [5, 5.41) is 1.67. The number of aryl methyl sites for hydroxylation is 1. The molecule has 0 N–H and O–H groups in total. The van der Waals surface area contributed by atoms with E-state index in [-0.39, 0.29) is 5.63 Å². The normalized spacial score (nSPS) is 11.3. The Balaban J connectivity index is 1.91. The van der Waals surface area contributed by atoms with Crippen molar-refractivity contribution >= 4 is 38.2 Å². The second kappa shape index (κ2) is 6.57. The fraction of sp³-hybridized carbons (Fsp3) is 0.238. The molecule has 132 valence electrons. The van der Waals surface area contributed by atoms with Crippen molar-refractivity contribution in [1.82, 2.24) is 4.98 Å². The first-order chi connectivity index (χ1) is 12.6. The highest BCUT2D eigenvalue weighted by molar-refractivity contribution is 7.21. The average Bonchev–Trinajstić information content (AvgIpc) is 3.06. The average molecular weight is 364 g/mol. The van der Waals surface area contributed by atoms with Crippen LogP contribution in [0.2, 0.25) is 0 Å². The van der Waals surface area contributed by atoms with E-state index in [0.717, 1.165) is 39.9 Å². The number of nitrogens with zero attached hydrogens (tertiary/aromatic N) is 2. The Morgan fingerprint density at radius 2 is 1.88 bits per heavy atom. The first-order valence-electron chi connectivity index (χ1n) is 8.80. The smallest absolute Gasteiger partial charge is 0.346 e. The molecule has 0 spiro atoms. The second-order valence-corrected chi connectivity index (χ2v) is 7.26. The molecule has 2 aromatic carbocycles. The number of rotatable bonds is 4. The van der Waals surface area contributed by atoms with Crippen LogP contribution in [0.15, 0.2) is 51.7 Å². The van der Waals surface area contributed by atoms with E-state index in [1.54, 1.807) is 0 Å². The molecule has 26 heavy (non-hydrogen) atoms. The molecule has 0 bridgehead atoms. The Hall–Kier alpha value is -2.66. The van der Waals surface area contributed by atoms with Crippen LogP contribution in [0.1, 0.15) is 19.4 Å². The Morgan fingerprint density at radius 1 is 1.12 bits per heavy atom. The minimum atomic E-state index is -0.328. The van der Waals surface area contributed by atoms with Crippen molar-refractivity contribution < 1.29 is 4.42 Å². The van der Waals surface area contributed by atoms with E-state index in [1.165, 1.54) is 11.3 Å². The number of hydrogen-bond acceptors (Lipinski definition) is 5. The molecule has 0 aliphatic carbocycles. The largest absolute Gasteiger partial charge is 0.422 e. The predicted octanol–water partition coefficient (Wildman–Crippen LogP) is 5.22. The molecule has 0 atom stereocenters. The highest BCUT2D eigenvalue weighted by Crippen LogP contribution is 2.33. The van der Waals surface area contributed by atoms with Gasteiger partial charge >= 0.3 is 5.63 Å². The van der Waals surface area contributed by atoms with Gasteiger partial charge in [-0.25, -0.2) is 9.78 Å². The van der Waals surface area contributed by atoms with Crippen LogP contribution in [0.3, 0.4) is 0 Å². The van der Waals surface area contributed by atoms with Crippen molar-refractivity contribution in [2.75, 3.05) is 18.0 Å². The molecular weight excluding hydrogens is 344 g/mol. The van der Waals surface area contributed by atoms with Crippen LogP contribution in [0, 0.1) is 6.92 Å². The van der Waals surface area contributed by atoms with Gasteiger partial charge in [0.05, 0.1) is 15.8 Å². The topological polar surface area (TPSA) is 46.3 Å². The van der Waals surface area contributed by atoms with E-state index in [2.05, 4.69) is 29.8 Å². The van der Waals surface area contributed by atoms with Crippen molar-refractivity contribution in [2.24, 2.45) is 0 Å². The number of fused-ring (bicyclic) bond motifs is 2. The summed E-state index contributed by atoms with van der Waals surface area (Å²) in [6.45, 7) is 8.03. The molecule has 0 fully saturated rings. The summed E-state index contributed by atoms with van der Waals surface area (Å²) < 4.78 is 6.76. The van der Waals surface area contributed by atoms with Gasteiger partial charge in [-0.1, -0.05) is 12.1 Å². The summed E-state index contributed by atoms with van der Waals surface area (Å²) in [5.74, 6) is 0. The van der Waals surface area contributed by atoms with Gasteiger partial charge in [0.15, 0.2) is 0 Å². The first-order valence-corrected chi connectivity index (χ1v) is 9.62. The van der Waals surface area contributed by atoms with Gasteiger partial charge in [-0.05, 0) is 50.6 Å². The molecular formula is C21H20N2O2S. The summed E-state index contributed by atoms with van der Waals surface area (Å²) in [4.78, 5) is 19.6. The molecule has 2 aromatic heterocycles. The highest BCUT2D eigenvalue weighted by Gasteiger charge is 2.17. The number of hydrogen-bond donors (Lipinski definition) is 0. The van der Waals surface area contributed by atoms with Gasteiger partial charge in [0.25, 0.3) is 0 Å². The summed E-state index contributed by atoms with van der Waals surface area (Å²) in [5.41, 5.74) is 3.75. The molecule has 0 saturated heterocycles. The van der Waals surface area contributed by atoms with E-state index in [1.807, 2.05) is 43.3 Å². The molecule has 2 heterocycles. The van der Waals surface area contributed by atoms with Crippen LogP contribution in [0.4, 0.5) is 5.69 Å². The third kappa shape index (κ3) is 2.69. The summed E-state index contributed by atoms with van der Waals surface area (Å²) >= 11 is 1.52. The maximum Gasteiger partial charge on any atom is 0.346 e. The monoisotopic (exact) mass is 364 g/mol. The van der Waals surface area contributed by atoms with Gasteiger partial charge in [0, 0.05) is 30.2 Å². The summed E-state index contributed by atoms with van der Waals surface area (Å²) in [6.07, 6.45) is 0. The first kappa shape index (κ1) is 16.8. The number of thiazole rings is 1. The van der Waals surface area contributed by atoms with Crippen molar-refractivity contribution in [3.05, 3.63) is 58.4 Å². The van der Waals surface area contributed by atoms with Crippen LogP contribution >= 0.6 is 11.3 Å². The zero-order valence-electron chi connectivity index (χ0n) is 15.1. The van der Waals surface area contributed by atoms with E-state index >= 15 is 0 Å². The maximum absolute atomic E-state index is 12.7. The van der Waals surface area contributed by atoms with Crippen molar-refractivity contribution in [2.45, 2.75) is 20.8 Å². The summed E-state index contributed by atoms with van der Waals surface area (Å²) in [6, 6.07) is 14.0. The zero-order valence-corrected chi connectivity index (χ0v) is 15.9. The summed E-state index contributed by atoms with van der Waals surface area (Å²) in [7, 11) is 0. The van der Waals surface area contributed by atoms with Crippen LogP contribution in [0.5, 0.6) is 0 Å². The minimum Gasteiger partial charge on any atom is -0.422 e. The zero-order chi connectivity index (χ0) is 18.3. The van der Waals surface area contributed by atoms with Gasteiger partial charge in [-0.3, -0.25) is 0 Å². The lowest BCUT2D eigenvalue weighted by atomic mass is 10.1. The lowest BCUT2D eigenvalue weighted by Gasteiger charge is -2.21. The lowest BCUT2D eigenvalue weighted by Crippen LogP contribution is -2.21. The maximum atomic E-state index is 12.7. The molecule has 0 amide bonds. The van der Waals surface area contributed by atoms with Crippen molar-refractivity contribution in [3.8, 4) is 10.6 Å². The molecule has 4 aromatic rings. The van der Waals surface area contributed by atoms with E-state index in [9.17, 15) is 4.79 Å². The molecule has 0 aliphatic rings. The second-order valence-electron chi connectivity index (χ2n) is 6.23. The van der Waals surface area contributed by atoms with Gasteiger partial charge in [0.2, 0.25) is 0 Å². The Morgan fingerprint density at radius 3 is 2.62 bits per heavy atom. The number of aromatic nitrogens is 1. The molecule has 0 aliphatic heterocycles. The van der Waals surface area contributed by atoms with E-state index in [0.29, 0.717) is 16.2 Å². The van der Waals surface area contributed by atoms with Crippen LogP contribution in [-0.2, 0) is 0 Å². The van der Waals surface area contributed by atoms with Crippen LogP contribution in [-0.4, -0.2) is 18.1 Å². The molecule has 0 radical (unpaired) electrons. The molecule has 4 rings (SSSR count). The quantitative estimate of drug-likeness (QED) is 0.466. The van der Waals surface area contributed by atoms with Gasteiger partial charge in [-0.2, -0.15) is 0 Å². The Bertz CT molecular complexity index is 1120. The molecule has 5 heteroatoms. The lowest BCUT2D eigenvalue weighted by molar-refractivity contribution is 0.562. The van der Waals surface area contributed by atoms with E-state index < -0.39 is 0 Å². The van der Waals surface area contributed by atoms with E-state index in [4.69, 9.17) is 4.42 Å². The van der Waals surface area contributed by atoms with Gasteiger partial charge < -0.3 is 9.32 Å². The van der Waals surface area contributed by atoms with Crippen molar-refractivity contribution in [3.63, 3.8) is 0 Å². The third-order valence-electron chi connectivity index (χ3n) is 4.79. The molecule has 0 unspecified atom stereocenters. The minimum absolute atomic E-state index is 0.328. The number of para-hydroxylation sites is 1. The Labute approximate surface area is 155 Å². The number of anilines is 1. The van der Waals surface area contributed by atoms with Gasteiger partial charge in [-0.15, -0.1) is 11.3 Å². The Kier molecular flexibility index (Phi) is 4.24. The fourth-order valence-electron chi connectivity index (χ4n) is 3.36.